The van der Waals surface area contributed by atoms with Gasteiger partial charge in [-0.25, -0.2) is 0 Å². The summed E-state index contributed by atoms with van der Waals surface area (Å²) in [4.78, 5) is 0. The first kappa shape index (κ1) is 62.6. The van der Waals surface area contributed by atoms with E-state index in [1.807, 2.05) is 0 Å². The van der Waals surface area contributed by atoms with Crippen molar-refractivity contribution in [2.24, 2.45) is 0 Å². The zero-order chi connectivity index (χ0) is 50.2. The number of hydrogen-bond donors (Lipinski definition) is 0. The molecule has 0 saturated heterocycles. The molecule has 38 heteroatoms. The van der Waals surface area contributed by atoms with E-state index in [1.54, 1.807) is 0 Å². The zero-order valence-corrected chi connectivity index (χ0v) is 27.8. The van der Waals surface area contributed by atoms with E-state index in [2.05, 4.69) is 0 Å². The monoisotopic (exact) mass is 1020 g/mol. The van der Waals surface area contributed by atoms with E-state index in [4.69, 9.17) is 0 Å². The summed E-state index contributed by atoms with van der Waals surface area (Å²) in [5, 5.41) is 0. The van der Waals surface area contributed by atoms with Gasteiger partial charge in [0, 0.05) is 6.15 Å². The molecule has 0 amide bonds. The molecule has 0 aliphatic rings. The fraction of sp³-hybridized carbons (Fsp3) is 1.00. The Labute approximate surface area is 340 Å². The van der Waals surface area contributed by atoms with Gasteiger partial charge in [-0.3, -0.25) is 0 Å². The number of rotatable bonds is 20. The van der Waals surface area contributed by atoms with E-state index in [-0.39, 0.29) is 29.6 Å². The predicted molar refractivity (Wildman–Crippen MR) is 134 cm³/mol. The molecule has 0 bridgehead atoms. The minimum atomic E-state index is -8.14. The first-order valence-electron chi connectivity index (χ1n) is 14.9. The van der Waals surface area contributed by atoms with Crippen LogP contribution in [0.4, 0.5) is 158 Å². The molecule has 0 N–H and O–H groups in total. The summed E-state index contributed by atoms with van der Waals surface area (Å²) in [5.41, 5.74) is 0. The second-order valence-electron chi connectivity index (χ2n) is 13.3. The molecule has 0 spiro atoms. The van der Waals surface area contributed by atoms with Crippen LogP contribution >= 0.6 is 0 Å². The van der Waals surface area contributed by atoms with E-state index >= 15 is 0 Å². The third-order valence-corrected chi connectivity index (χ3v) is 9.12. The van der Waals surface area contributed by atoms with Crippen LogP contribution < -0.4 is 0 Å². The van der Waals surface area contributed by atoms with Gasteiger partial charge in [0.05, 0.1) is 0 Å². The van der Waals surface area contributed by atoms with Crippen molar-refractivity contribution in [2.45, 2.75) is 147 Å². The number of hydrogen-bond acceptors (Lipinski definition) is 0. The first-order chi connectivity index (χ1) is 25.8. The predicted octanol–water partition coefficient (Wildman–Crippen LogP) is 14.2. The Kier molecular flexibility index (Phi) is 17.5. The van der Waals surface area contributed by atoms with Gasteiger partial charge in [0.1, 0.15) is 0 Å². The molecule has 0 aliphatic carbocycles. The molecule has 0 unspecified atom stereocenters. The fourth-order valence-corrected chi connectivity index (χ4v) is 5.07. The minimum absolute atomic E-state index is 0. The quantitative estimate of drug-likeness (QED) is 0.0842. The van der Waals surface area contributed by atoms with E-state index in [1.165, 1.54) is 0 Å². The molecule has 370 valence electrons. The van der Waals surface area contributed by atoms with Gasteiger partial charge in [0.2, 0.25) is 0 Å². The van der Waals surface area contributed by atoms with Crippen LogP contribution in [-0.4, -0.2) is 131 Å². The van der Waals surface area contributed by atoms with Crippen LogP contribution in [0.15, 0.2) is 0 Å². The van der Waals surface area contributed by atoms with Gasteiger partial charge in [-0.05, 0) is 25.7 Å². The van der Waals surface area contributed by atoms with Gasteiger partial charge < -0.3 is 0 Å². The van der Waals surface area contributed by atoms with E-state index < -0.39 is 153 Å². The van der Waals surface area contributed by atoms with Crippen molar-refractivity contribution in [3.63, 3.8) is 0 Å². The fourth-order valence-electron chi connectivity index (χ4n) is 5.07. The summed E-state index contributed by atoms with van der Waals surface area (Å²) in [6, 6.07) is 0. The van der Waals surface area contributed by atoms with Crippen LogP contribution in [0.1, 0.15) is 25.7 Å². The van der Waals surface area contributed by atoms with Crippen LogP contribution in [-0.2, 0) is 0 Å². The first-order valence-corrected chi connectivity index (χ1v) is 14.9. The third kappa shape index (κ3) is 10.7. The second-order valence-corrected chi connectivity index (χ2v) is 13.3. The van der Waals surface area contributed by atoms with E-state index in [0.29, 0.717) is 0 Å². The van der Waals surface area contributed by atoms with E-state index in [0.717, 1.165) is 0 Å². The average molecular weight is 1020 g/mol. The number of halogens is 36. The maximum atomic E-state index is 14.4. The van der Waals surface area contributed by atoms with Crippen molar-refractivity contribution in [1.82, 2.24) is 0 Å². The van der Waals surface area contributed by atoms with Gasteiger partial charge >= 0.3 is 125 Å². The summed E-state index contributed by atoms with van der Waals surface area (Å²) in [5.74, 6) is -94.8. The molecule has 0 heterocycles. The van der Waals surface area contributed by atoms with Gasteiger partial charge in [0.25, 0.3) is 0 Å². The Bertz CT molecular complexity index is 1260. The Hall–Kier alpha value is -1.46. The van der Waals surface area contributed by atoms with Crippen LogP contribution in [0.2, 0.25) is 25.3 Å². The van der Waals surface area contributed by atoms with Crippen LogP contribution in [0.5, 0.6) is 0 Å². The van der Waals surface area contributed by atoms with Crippen molar-refractivity contribution < 1.29 is 158 Å². The van der Waals surface area contributed by atoms with Crippen molar-refractivity contribution >= 4 is 35.7 Å². The van der Waals surface area contributed by atoms with Crippen molar-refractivity contribution in [2.75, 3.05) is 0 Å². The second kappa shape index (κ2) is 17.3. The van der Waals surface area contributed by atoms with Crippen molar-refractivity contribution in [3.8, 4) is 0 Å². The number of alkyl halides is 36. The molecule has 0 fully saturated rings. The van der Waals surface area contributed by atoms with Crippen molar-refractivity contribution in [1.29, 1.82) is 0 Å². The molecule has 0 radical (unpaired) electrons. The molecular formula is C24H17BF36Na-. The van der Waals surface area contributed by atoms with Crippen LogP contribution in [0.3, 0.4) is 0 Å². The SMILES string of the molecule is FC(F)(F)C(F)(F)C(F)(F)C(F)(F)CC[B-](CCC(F)(F)C(F)(F)C(F)(F)C(F)(F)F)(CCC(F)(F)C(F)(F)C(F)(F)C(F)(F)F)CCC(F)(F)C(F)(F)C(F)(F)C(F)(F)F.[NaH]. The third-order valence-electron chi connectivity index (χ3n) is 9.12. The van der Waals surface area contributed by atoms with E-state index in [9.17, 15) is 158 Å². The Balaban J connectivity index is 0. The molecule has 0 aliphatic heterocycles. The molecule has 0 aromatic heterocycles. The summed E-state index contributed by atoms with van der Waals surface area (Å²) in [6.07, 6.45) is -68.1. The van der Waals surface area contributed by atoms with Crippen molar-refractivity contribution in [3.05, 3.63) is 0 Å². The molecule has 62 heavy (non-hydrogen) atoms. The van der Waals surface area contributed by atoms with Gasteiger partial charge in [0.15, 0.2) is 0 Å². The summed E-state index contributed by atoms with van der Waals surface area (Å²) in [7, 11) is 0. The van der Waals surface area contributed by atoms with Crippen LogP contribution in [0.25, 0.3) is 0 Å². The molecule has 0 nitrogen and oxygen atoms in total. The molecule has 0 aromatic carbocycles. The normalized spacial score (nSPS) is 16.5. The van der Waals surface area contributed by atoms with Gasteiger partial charge in [-0.2, -0.15) is 183 Å². The average Bonchev–Trinajstić information content (AvgIpc) is 3.01. The summed E-state index contributed by atoms with van der Waals surface area (Å²) in [6.45, 7) is 0. The summed E-state index contributed by atoms with van der Waals surface area (Å²) < 4.78 is 484. The van der Waals surface area contributed by atoms with Gasteiger partial charge in [-0.1, -0.05) is 0 Å². The summed E-state index contributed by atoms with van der Waals surface area (Å²) >= 11 is 0. The van der Waals surface area contributed by atoms with Gasteiger partial charge in [-0.15, -0.1) is 0 Å². The molecule has 0 rings (SSSR count). The zero-order valence-electron chi connectivity index (χ0n) is 27.8. The Morgan fingerprint density at radius 2 is 0.306 bits per heavy atom. The topological polar surface area (TPSA) is 0 Å². The maximum absolute atomic E-state index is 14.4. The molecule has 0 atom stereocenters. The Morgan fingerprint density at radius 1 is 0.194 bits per heavy atom. The Morgan fingerprint density at radius 3 is 0.403 bits per heavy atom. The standard InChI is InChI=1S/C24H16BF36.Na.H/c26-9(27,13(34,35)17(42,43)21(50,51)52)1-5-25(6-2-10(28,29)14(36,37)18(44,45)22(53,54)55,7-3-11(30,31)15(38,39)19(46,47)23(56,57)58)8-4-12(32,33)16(40,41)20(48,49)24(59,60)61;;/h1-8H2;;/q-1;;. The molecule has 0 aromatic rings. The van der Waals surface area contributed by atoms with Crippen LogP contribution in [0, 0.1) is 0 Å². The molecular weight excluding hydrogens is 1010 g/mol. The molecule has 0 saturated carbocycles.